The van der Waals surface area contributed by atoms with E-state index >= 15 is 0 Å². The van der Waals surface area contributed by atoms with Crippen molar-refractivity contribution in [3.63, 3.8) is 0 Å². The Bertz CT molecular complexity index is 531. The lowest BCUT2D eigenvalue weighted by atomic mass is 9.51. The van der Waals surface area contributed by atoms with Crippen LogP contribution in [0.4, 0.5) is 5.69 Å². The second kappa shape index (κ2) is 4.50. The Labute approximate surface area is 113 Å². The van der Waals surface area contributed by atoms with E-state index in [0.29, 0.717) is 23.1 Å². The average Bonchev–Trinajstić information content (AvgIpc) is 2.32. The van der Waals surface area contributed by atoms with Crippen LogP contribution in [0.25, 0.3) is 0 Å². The summed E-state index contributed by atoms with van der Waals surface area (Å²) >= 11 is 0. The van der Waals surface area contributed by atoms with Gasteiger partial charge in [0.25, 0.3) is 0 Å². The molecule has 1 aromatic rings. The Morgan fingerprint density at radius 1 is 1.53 bits per heavy atom. The van der Waals surface area contributed by atoms with Crippen LogP contribution >= 0.6 is 0 Å². The minimum absolute atomic E-state index is 0.304. The van der Waals surface area contributed by atoms with Gasteiger partial charge < -0.3 is 10.1 Å². The summed E-state index contributed by atoms with van der Waals surface area (Å²) in [7, 11) is 1.80. The minimum atomic E-state index is 0.304. The summed E-state index contributed by atoms with van der Waals surface area (Å²) in [4.78, 5) is 4.18. The maximum atomic E-state index is 9.16. The van der Waals surface area contributed by atoms with Gasteiger partial charge >= 0.3 is 0 Å². The largest absolute Gasteiger partial charge is 0.381 e. The monoisotopic (exact) mass is 257 g/mol. The molecule has 4 heteroatoms. The predicted molar refractivity (Wildman–Crippen MR) is 72.8 cm³/mol. The van der Waals surface area contributed by atoms with Crippen LogP contribution in [0.15, 0.2) is 12.3 Å². The van der Waals surface area contributed by atoms with Crippen molar-refractivity contribution in [1.82, 2.24) is 4.98 Å². The van der Waals surface area contributed by atoms with E-state index in [1.807, 2.05) is 13.0 Å². The summed E-state index contributed by atoms with van der Waals surface area (Å²) in [5, 5.41) is 12.7. The number of aryl methyl sites for hydroxylation is 1. The van der Waals surface area contributed by atoms with E-state index in [0.717, 1.165) is 17.8 Å². The van der Waals surface area contributed by atoms with Gasteiger partial charge in [-0.25, -0.2) is 0 Å². The number of pyridine rings is 1. The predicted octanol–water partition coefficient (Wildman–Crippen LogP) is 2.63. The molecule has 1 aromatic heterocycles. The summed E-state index contributed by atoms with van der Waals surface area (Å²) in [5.74, 6) is 0. The second-order valence-corrected chi connectivity index (χ2v) is 5.73. The maximum Gasteiger partial charge on any atom is 0.103 e. The number of methoxy groups -OCH3 is 1. The lowest BCUT2D eigenvalue weighted by molar-refractivity contribution is -0.145. The number of anilines is 1. The van der Waals surface area contributed by atoms with Gasteiger partial charge in [-0.2, -0.15) is 5.26 Å². The summed E-state index contributed by atoms with van der Waals surface area (Å²) < 4.78 is 5.57. The first-order chi connectivity index (χ1) is 9.19. The third kappa shape index (κ3) is 1.81. The Morgan fingerprint density at radius 2 is 2.32 bits per heavy atom. The molecule has 0 saturated heterocycles. The molecule has 2 saturated carbocycles. The normalized spacial score (nSPS) is 27.2. The zero-order chi connectivity index (χ0) is 13.5. The van der Waals surface area contributed by atoms with Crippen LogP contribution in [0, 0.1) is 23.7 Å². The number of nitrogens with one attached hydrogen (secondary N) is 1. The lowest BCUT2D eigenvalue weighted by Crippen LogP contribution is -2.64. The smallest absolute Gasteiger partial charge is 0.103 e. The summed E-state index contributed by atoms with van der Waals surface area (Å²) in [5.41, 5.74) is 2.78. The van der Waals surface area contributed by atoms with Gasteiger partial charge in [-0.3, -0.25) is 4.98 Å². The molecule has 0 radical (unpaired) electrons. The van der Waals surface area contributed by atoms with Crippen molar-refractivity contribution in [1.29, 1.82) is 5.26 Å². The fourth-order valence-electron chi connectivity index (χ4n) is 3.49. The summed E-state index contributed by atoms with van der Waals surface area (Å²) in [6, 6.07) is 4.60. The van der Waals surface area contributed by atoms with Crippen LogP contribution in [0.3, 0.4) is 0 Å². The molecule has 1 heterocycles. The average molecular weight is 257 g/mol. The van der Waals surface area contributed by atoms with Crippen molar-refractivity contribution in [3.8, 4) is 6.07 Å². The van der Waals surface area contributed by atoms with Crippen molar-refractivity contribution >= 4 is 5.69 Å². The van der Waals surface area contributed by atoms with Gasteiger partial charge in [-0.05, 0) is 32.3 Å². The topological polar surface area (TPSA) is 57.9 Å². The fourth-order valence-corrected chi connectivity index (χ4v) is 3.49. The van der Waals surface area contributed by atoms with Crippen LogP contribution in [0.2, 0.25) is 0 Å². The van der Waals surface area contributed by atoms with E-state index in [1.54, 1.807) is 13.3 Å². The molecular weight excluding hydrogens is 238 g/mol. The third-order valence-corrected chi connectivity index (χ3v) is 4.84. The second-order valence-electron chi connectivity index (χ2n) is 5.73. The SMILES string of the molecule is CO[C@@H]1C[C@H](Nc2cc(C)ncc2C#N)C12CCC2. The van der Waals surface area contributed by atoms with Crippen LogP contribution in [-0.4, -0.2) is 24.2 Å². The molecule has 19 heavy (non-hydrogen) atoms. The molecule has 0 amide bonds. The standard InChI is InChI=1S/C15H19N3O/c1-10-6-12(11(8-16)9-17-10)18-13-7-14(19-2)15(13)4-3-5-15/h6,9,13-14H,3-5,7H2,1-2H3,(H,17,18)/t13-,14+/m0/s1. The zero-order valence-electron chi connectivity index (χ0n) is 11.4. The highest BCUT2D eigenvalue weighted by molar-refractivity contribution is 5.58. The van der Waals surface area contributed by atoms with Gasteiger partial charge in [0.1, 0.15) is 6.07 Å². The highest BCUT2D eigenvalue weighted by Gasteiger charge is 2.58. The molecule has 2 fully saturated rings. The first-order valence-corrected chi connectivity index (χ1v) is 6.86. The van der Waals surface area contributed by atoms with Gasteiger partial charge in [0, 0.05) is 30.5 Å². The van der Waals surface area contributed by atoms with Crippen molar-refractivity contribution in [3.05, 3.63) is 23.5 Å². The van der Waals surface area contributed by atoms with Gasteiger partial charge in [0.2, 0.25) is 0 Å². The van der Waals surface area contributed by atoms with E-state index in [2.05, 4.69) is 16.4 Å². The highest BCUT2D eigenvalue weighted by Crippen LogP contribution is 2.58. The molecular formula is C15H19N3O. The summed E-state index contributed by atoms with van der Waals surface area (Å²) in [6.07, 6.45) is 6.82. The quantitative estimate of drug-likeness (QED) is 0.904. The molecule has 3 rings (SSSR count). The maximum absolute atomic E-state index is 9.16. The van der Waals surface area contributed by atoms with Crippen LogP contribution in [-0.2, 0) is 4.74 Å². The number of aromatic nitrogens is 1. The number of hydrogen-bond acceptors (Lipinski definition) is 4. The lowest BCUT2D eigenvalue weighted by Gasteiger charge is -2.61. The molecule has 2 atom stereocenters. The molecule has 0 unspecified atom stereocenters. The Morgan fingerprint density at radius 3 is 2.89 bits per heavy atom. The van der Waals surface area contributed by atoms with Gasteiger partial charge in [0.15, 0.2) is 0 Å². The van der Waals surface area contributed by atoms with Crippen molar-refractivity contribution in [2.24, 2.45) is 5.41 Å². The van der Waals surface area contributed by atoms with Gasteiger partial charge in [-0.15, -0.1) is 0 Å². The minimum Gasteiger partial charge on any atom is -0.381 e. The number of hydrogen-bond donors (Lipinski definition) is 1. The van der Waals surface area contributed by atoms with Crippen LogP contribution in [0.5, 0.6) is 0 Å². The highest BCUT2D eigenvalue weighted by atomic mass is 16.5. The molecule has 2 aliphatic rings. The van der Waals surface area contributed by atoms with Gasteiger partial charge in [-0.1, -0.05) is 6.42 Å². The Balaban J connectivity index is 1.80. The molecule has 0 aromatic carbocycles. The molecule has 4 nitrogen and oxygen atoms in total. The fraction of sp³-hybridized carbons (Fsp3) is 0.600. The van der Waals surface area contributed by atoms with E-state index in [9.17, 15) is 0 Å². The Hall–Kier alpha value is -1.60. The van der Waals surface area contributed by atoms with Crippen LogP contribution < -0.4 is 5.32 Å². The van der Waals surface area contributed by atoms with Crippen molar-refractivity contribution in [2.75, 3.05) is 12.4 Å². The molecule has 1 N–H and O–H groups in total. The molecule has 100 valence electrons. The molecule has 0 aliphatic heterocycles. The van der Waals surface area contributed by atoms with Crippen molar-refractivity contribution in [2.45, 2.75) is 44.8 Å². The number of rotatable bonds is 3. The third-order valence-electron chi connectivity index (χ3n) is 4.84. The van der Waals surface area contributed by atoms with E-state index in [4.69, 9.17) is 10.00 Å². The summed E-state index contributed by atoms with van der Waals surface area (Å²) in [6.45, 7) is 1.95. The molecule has 0 bridgehead atoms. The zero-order valence-corrected chi connectivity index (χ0v) is 11.4. The van der Waals surface area contributed by atoms with E-state index in [1.165, 1.54) is 19.3 Å². The molecule has 1 spiro atoms. The first-order valence-electron chi connectivity index (χ1n) is 6.86. The molecule has 2 aliphatic carbocycles. The van der Waals surface area contributed by atoms with Gasteiger partial charge in [0.05, 0.1) is 17.4 Å². The number of nitriles is 1. The van der Waals surface area contributed by atoms with Crippen molar-refractivity contribution < 1.29 is 4.74 Å². The van der Waals surface area contributed by atoms with Crippen LogP contribution in [0.1, 0.15) is 36.9 Å². The van der Waals surface area contributed by atoms with E-state index in [-0.39, 0.29) is 0 Å². The Kier molecular flexibility index (Phi) is 2.94. The number of ether oxygens (including phenoxy) is 1. The van der Waals surface area contributed by atoms with E-state index < -0.39 is 0 Å². The first kappa shape index (κ1) is 12.4. The number of nitrogens with zero attached hydrogens (tertiary/aromatic N) is 2.